The number of carbonyl (C=O) groups is 2. The molecule has 3 aliphatic rings. The highest BCUT2D eigenvalue weighted by atomic mass is 16.5. The van der Waals surface area contributed by atoms with Gasteiger partial charge in [0, 0.05) is 69.1 Å². The van der Waals surface area contributed by atoms with Gasteiger partial charge in [-0.3, -0.25) is 9.59 Å². The molecule has 6 nitrogen and oxygen atoms in total. The van der Waals surface area contributed by atoms with E-state index in [1.165, 1.54) is 19.4 Å². The summed E-state index contributed by atoms with van der Waals surface area (Å²) in [4.78, 5) is 28.5. The zero-order valence-electron chi connectivity index (χ0n) is 17.9. The van der Waals surface area contributed by atoms with E-state index in [0.29, 0.717) is 11.6 Å². The zero-order valence-corrected chi connectivity index (χ0v) is 17.9. The number of rotatable bonds is 6. The van der Waals surface area contributed by atoms with Crippen molar-refractivity contribution < 1.29 is 14.3 Å². The molecule has 1 aromatic rings. The second-order valence-electron chi connectivity index (χ2n) is 9.11. The molecule has 3 saturated heterocycles. The van der Waals surface area contributed by atoms with Crippen molar-refractivity contribution in [3.05, 3.63) is 29.8 Å². The van der Waals surface area contributed by atoms with Crippen LogP contribution in [0.3, 0.4) is 0 Å². The van der Waals surface area contributed by atoms with Crippen LogP contribution in [0.1, 0.15) is 48.9 Å². The fourth-order valence-electron chi connectivity index (χ4n) is 5.04. The van der Waals surface area contributed by atoms with Crippen LogP contribution >= 0.6 is 0 Å². The molecule has 0 aromatic heterocycles. The molecule has 0 aliphatic carbocycles. The molecular formula is C24H35N3O3. The number of hydrogen-bond acceptors (Lipinski definition) is 5. The number of ether oxygens (including phenoxy) is 1. The second kappa shape index (κ2) is 10.4. The normalized spacial score (nSPS) is 22.7. The van der Waals surface area contributed by atoms with Gasteiger partial charge in [-0.15, -0.1) is 0 Å². The molecule has 3 fully saturated rings. The van der Waals surface area contributed by atoms with Gasteiger partial charge in [0.15, 0.2) is 0 Å². The van der Waals surface area contributed by atoms with Crippen molar-refractivity contribution in [1.29, 1.82) is 0 Å². The fourth-order valence-corrected chi connectivity index (χ4v) is 5.04. The number of hydrogen-bond donors (Lipinski definition) is 1. The molecule has 1 aromatic carbocycles. The Kier molecular flexibility index (Phi) is 7.39. The lowest BCUT2D eigenvalue weighted by molar-refractivity contribution is -0.126. The minimum absolute atomic E-state index is 0.121. The smallest absolute Gasteiger partial charge is 0.223 e. The monoisotopic (exact) mass is 413 g/mol. The van der Waals surface area contributed by atoms with Crippen molar-refractivity contribution in [2.75, 3.05) is 50.8 Å². The van der Waals surface area contributed by atoms with Crippen LogP contribution in [0.2, 0.25) is 0 Å². The highest BCUT2D eigenvalue weighted by molar-refractivity contribution is 5.79. The standard InChI is InChI=1S/C24H35N3O3/c28-18-20-1-3-23(4-2-20)27-13-5-21(6-14-27)24(29)25-22-7-11-26(12-8-22)17-19-9-15-30-16-10-19/h1-4,18-19,21-22H,5-17H2,(H,25,29). The molecule has 0 bridgehead atoms. The Labute approximate surface area is 179 Å². The summed E-state index contributed by atoms with van der Waals surface area (Å²) >= 11 is 0. The van der Waals surface area contributed by atoms with Gasteiger partial charge in [-0.25, -0.2) is 0 Å². The maximum Gasteiger partial charge on any atom is 0.223 e. The molecule has 0 saturated carbocycles. The summed E-state index contributed by atoms with van der Waals surface area (Å²) in [5.41, 5.74) is 1.84. The van der Waals surface area contributed by atoms with Crippen LogP contribution in [0.4, 0.5) is 5.69 Å². The molecule has 3 aliphatic heterocycles. The Hall–Kier alpha value is -1.92. The highest BCUT2D eigenvalue weighted by Crippen LogP contribution is 2.24. The Balaban J connectivity index is 1.16. The number of carbonyl (C=O) groups excluding carboxylic acids is 2. The Bertz CT molecular complexity index is 686. The predicted octanol–water partition coefficient (Wildman–Crippen LogP) is 2.72. The summed E-state index contributed by atoms with van der Waals surface area (Å²) in [7, 11) is 0. The predicted molar refractivity (Wildman–Crippen MR) is 118 cm³/mol. The molecule has 0 atom stereocenters. The first kappa shape index (κ1) is 21.3. The average Bonchev–Trinajstić information content (AvgIpc) is 2.81. The van der Waals surface area contributed by atoms with Crippen LogP contribution in [0, 0.1) is 11.8 Å². The van der Waals surface area contributed by atoms with Crippen LogP contribution < -0.4 is 10.2 Å². The fraction of sp³-hybridized carbons (Fsp3) is 0.667. The highest BCUT2D eigenvalue weighted by Gasteiger charge is 2.28. The molecule has 0 radical (unpaired) electrons. The Morgan fingerprint density at radius 3 is 2.27 bits per heavy atom. The minimum Gasteiger partial charge on any atom is -0.381 e. The summed E-state index contributed by atoms with van der Waals surface area (Å²) in [6.07, 6.45) is 7.17. The van der Waals surface area contributed by atoms with Gasteiger partial charge in [0.2, 0.25) is 5.91 Å². The number of amides is 1. The average molecular weight is 414 g/mol. The Morgan fingerprint density at radius 1 is 0.967 bits per heavy atom. The van der Waals surface area contributed by atoms with Gasteiger partial charge in [0.25, 0.3) is 0 Å². The van der Waals surface area contributed by atoms with Gasteiger partial charge in [0.05, 0.1) is 0 Å². The zero-order chi connectivity index (χ0) is 20.8. The number of anilines is 1. The molecule has 3 heterocycles. The summed E-state index contributed by atoms with van der Waals surface area (Å²) in [6, 6.07) is 8.04. The first-order valence-corrected chi connectivity index (χ1v) is 11.6. The van der Waals surface area contributed by atoms with Crippen molar-refractivity contribution >= 4 is 17.9 Å². The van der Waals surface area contributed by atoms with Crippen LogP contribution in [-0.2, 0) is 9.53 Å². The molecule has 4 rings (SSSR count). The van der Waals surface area contributed by atoms with E-state index < -0.39 is 0 Å². The van der Waals surface area contributed by atoms with E-state index in [4.69, 9.17) is 4.74 Å². The molecule has 6 heteroatoms. The Morgan fingerprint density at radius 2 is 1.63 bits per heavy atom. The summed E-state index contributed by atoms with van der Waals surface area (Å²) in [5.74, 6) is 1.15. The van der Waals surface area contributed by atoms with Gasteiger partial charge in [-0.05, 0) is 68.7 Å². The molecule has 1 amide bonds. The number of likely N-dealkylation sites (tertiary alicyclic amines) is 1. The third-order valence-corrected chi connectivity index (χ3v) is 7.05. The summed E-state index contributed by atoms with van der Waals surface area (Å²) in [5, 5.41) is 3.34. The van der Waals surface area contributed by atoms with Crippen LogP contribution in [0.5, 0.6) is 0 Å². The van der Waals surface area contributed by atoms with Gasteiger partial charge >= 0.3 is 0 Å². The van der Waals surface area contributed by atoms with E-state index >= 15 is 0 Å². The number of piperidine rings is 2. The number of benzene rings is 1. The molecular weight excluding hydrogens is 378 g/mol. The number of nitrogens with one attached hydrogen (secondary N) is 1. The third-order valence-electron chi connectivity index (χ3n) is 7.05. The lowest BCUT2D eigenvalue weighted by atomic mass is 9.94. The van der Waals surface area contributed by atoms with Crippen molar-refractivity contribution in [2.24, 2.45) is 11.8 Å². The van der Waals surface area contributed by atoms with Crippen LogP contribution in [0.15, 0.2) is 24.3 Å². The summed E-state index contributed by atoms with van der Waals surface area (Å²) < 4.78 is 5.47. The maximum absolute atomic E-state index is 12.8. The molecule has 30 heavy (non-hydrogen) atoms. The lowest BCUT2D eigenvalue weighted by Crippen LogP contribution is -2.49. The first-order chi connectivity index (χ1) is 14.7. The van der Waals surface area contributed by atoms with Gasteiger partial charge < -0.3 is 19.9 Å². The van der Waals surface area contributed by atoms with Crippen LogP contribution in [-0.4, -0.2) is 69.1 Å². The van der Waals surface area contributed by atoms with Crippen molar-refractivity contribution in [3.8, 4) is 0 Å². The summed E-state index contributed by atoms with van der Waals surface area (Å²) in [6.45, 7) is 7.00. The topological polar surface area (TPSA) is 61.9 Å². The van der Waals surface area contributed by atoms with E-state index in [2.05, 4.69) is 15.1 Å². The van der Waals surface area contributed by atoms with E-state index in [1.807, 2.05) is 24.3 Å². The maximum atomic E-state index is 12.8. The van der Waals surface area contributed by atoms with Crippen molar-refractivity contribution in [3.63, 3.8) is 0 Å². The number of aldehydes is 1. The van der Waals surface area contributed by atoms with E-state index in [9.17, 15) is 9.59 Å². The van der Waals surface area contributed by atoms with E-state index in [-0.39, 0.29) is 11.8 Å². The van der Waals surface area contributed by atoms with Crippen molar-refractivity contribution in [1.82, 2.24) is 10.2 Å². The molecule has 164 valence electrons. The van der Waals surface area contributed by atoms with Gasteiger partial charge in [-0.1, -0.05) is 0 Å². The lowest BCUT2D eigenvalue weighted by Gasteiger charge is -2.37. The van der Waals surface area contributed by atoms with Crippen molar-refractivity contribution in [2.45, 2.75) is 44.6 Å². The van der Waals surface area contributed by atoms with Gasteiger partial charge in [0.1, 0.15) is 6.29 Å². The molecule has 0 spiro atoms. The quantitative estimate of drug-likeness (QED) is 0.727. The SMILES string of the molecule is O=Cc1ccc(N2CCC(C(=O)NC3CCN(CC4CCOCC4)CC3)CC2)cc1. The molecule has 1 N–H and O–H groups in total. The first-order valence-electron chi connectivity index (χ1n) is 11.6. The van der Waals surface area contributed by atoms with Crippen LogP contribution in [0.25, 0.3) is 0 Å². The van der Waals surface area contributed by atoms with E-state index in [1.54, 1.807) is 0 Å². The molecule has 0 unspecified atom stereocenters. The van der Waals surface area contributed by atoms with E-state index in [0.717, 1.165) is 83.0 Å². The number of nitrogens with zero attached hydrogens (tertiary/aromatic N) is 2. The van der Waals surface area contributed by atoms with Gasteiger partial charge in [-0.2, -0.15) is 0 Å². The minimum atomic E-state index is 0.121. The third kappa shape index (κ3) is 5.61. The second-order valence-corrected chi connectivity index (χ2v) is 9.11. The largest absolute Gasteiger partial charge is 0.381 e.